The molecule has 1 amide bonds. The van der Waals surface area contributed by atoms with Crippen LogP contribution in [0.2, 0.25) is 0 Å². The maximum absolute atomic E-state index is 12.6. The van der Waals surface area contributed by atoms with Gasteiger partial charge in [-0.15, -0.1) is 0 Å². The van der Waals surface area contributed by atoms with Crippen LogP contribution >= 0.6 is 0 Å². The molecule has 140 valence electrons. The van der Waals surface area contributed by atoms with Crippen LogP contribution in [0.25, 0.3) is 0 Å². The van der Waals surface area contributed by atoms with E-state index in [-0.39, 0.29) is 6.42 Å². The van der Waals surface area contributed by atoms with E-state index in [1.165, 1.54) is 0 Å². The Morgan fingerprint density at radius 3 is 2.44 bits per heavy atom. The first-order chi connectivity index (χ1) is 11.5. The molecule has 0 aliphatic rings. The number of amides is 1. The van der Waals surface area contributed by atoms with Gasteiger partial charge >= 0.3 is 12.1 Å². The van der Waals surface area contributed by atoms with E-state index >= 15 is 0 Å². The summed E-state index contributed by atoms with van der Waals surface area (Å²) in [7, 11) is -4.36. The molecule has 0 saturated carbocycles. The van der Waals surface area contributed by atoms with Crippen LogP contribution in [0, 0.1) is 0 Å². The number of carbonyl (C=O) groups excluding carboxylic acids is 1. The van der Waals surface area contributed by atoms with Gasteiger partial charge in [-0.3, -0.25) is 4.79 Å². The van der Waals surface area contributed by atoms with Crippen molar-refractivity contribution in [2.75, 3.05) is 6.54 Å². The minimum atomic E-state index is -4.71. The number of hydrogen-bond donors (Lipinski definition) is 3. The number of hydrogen-bond acceptors (Lipinski definition) is 4. The number of rotatable bonds is 8. The van der Waals surface area contributed by atoms with Crippen molar-refractivity contribution in [2.24, 2.45) is 0 Å². The Hall–Kier alpha value is -2.14. The first-order valence-corrected chi connectivity index (χ1v) is 8.64. The van der Waals surface area contributed by atoms with Crippen molar-refractivity contribution in [1.82, 2.24) is 10.0 Å². The van der Waals surface area contributed by atoms with Gasteiger partial charge in [-0.25, -0.2) is 17.9 Å². The highest BCUT2D eigenvalue weighted by molar-refractivity contribution is 7.89. The third-order valence-corrected chi connectivity index (χ3v) is 4.50. The van der Waals surface area contributed by atoms with Gasteiger partial charge in [-0.05, 0) is 24.6 Å². The zero-order valence-corrected chi connectivity index (χ0v) is 13.9. The lowest BCUT2D eigenvalue weighted by atomic mass is 10.2. The van der Waals surface area contributed by atoms with E-state index in [0.717, 1.165) is 12.1 Å². The number of halogens is 3. The summed E-state index contributed by atoms with van der Waals surface area (Å²) in [5.41, 5.74) is -1.14. The first kappa shape index (κ1) is 20.9. The average Bonchev–Trinajstić information content (AvgIpc) is 2.52. The number of carbonyl (C=O) groups is 2. The summed E-state index contributed by atoms with van der Waals surface area (Å²) in [4.78, 5) is 21.9. The summed E-state index contributed by atoms with van der Waals surface area (Å²) in [5, 5.41) is 11.0. The van der Waals surface area contributed by atoms with Gasteiger partial charge in [0.15, 0.2) is 0 Å². The Balaban J connectivity index is 2.79. The smallest absolute Gasteiger partial charge is 0.416 e. The first-order valence-electron chi connectivity index (χ1n) is 7.16. The standard InChI is InChI=1S/C14H17F3N2O5S/c1-2-4-11(13(21)22)19-12(20)8-18-25(23,24)10-6-3-5-9(7-10)14(15,16)17/h3,5-7,11,18H,2,4,8H2,1H3,(H,19,20)(H,21,22). The average molecular weight is 382 g/mol. The molecule has 0 aliphatic heterocycles. The highest BCUT2D eigenvalue weighted by atomic mass is 32.2. The summed E-state index contributed by atoms with van der Waals surface area (Å²) >= 11 is 0. The van der Waals surface area contributed by atoms with Gasteiger partial charge in [0.25, 0.3) is 0 Å². The molecule has 0 radical (unpaired) electrons. The Morgan fingerprint density at radius 2 is 1.92 bits per heavy atom. The van der Waals surface area contributed by atoms with E-state index in [9.17, 15) is 31.2 Å². The quantitative estimate of drug-likeness (QED) is 0.628. The molecule has 0 aromatic heterocycles. The van der Waals surface area contributed by atoms with Crippen molar-refractivity contribution in [2.45, 2.75) is 36.9 Å². The van der Waals surface area contributed by atoms with Crippen LogP contribution in [0.4, 0.5) is 13.2 Å². The SMILES string of the molecule is CCCC(NC(=O)CNS(=O)(=O)c1cccc(C(F)(F)F)c1)C(=O)O. The largest absolute Gasteiger partial charge is 0.480 e. The fraction of sp³-hybridized carbons (Fsp3) is 0.429. The Labute approximate surface area is 142 Å². The lowest BCUT2D eigenvalue weighted by Crippen LogP contribution is -2.45. The second-order valence-corrected chi connectivity index (χ2v) is 6.86. The van der Waals surface area contributed by atoms with E-state index in [1.54, 1.807) is 6.92 Å². The Morgan fingerprint density at radius 1 is 1.28 bits per heavy atom. The van der Waals surface area contributed by atoms with Crippen molar-refractivity contribution in [1.29, 1.82) is 0 Å². The molecule has 25 heavy (non-hydrogen) atoms. The van der Waals surface area contributed by atoms with Gasteiger partial charge in [0.1, 0.15) is 6.04 Å². The molecule has 0 fully saturated rings. The van der Waals surface area contributed by atoms with Crippen molar-refractivity contribution in [3.05, 3.63) is 29.8 Å². The van der Waals surface area contributed by atoms with Gasteiger partial charge in [0, 0.05) is 0 Å². The molecule has 11 heteroatoms. The fourth-order valence-electron chi connectivity index (χ4n) is 1.87. The normalized spacial score (nSPS) is 13.3. The van der Waals surface area contributed by atoms with Gasteiger partial charge in [0.05, 0.1) is 17.0 Å². The fourth-order valence-corrected chi connectivity index (χ4v) is 2.90. The second-order valence-electron chi connectivity index (χ2n) is 5.10. The summed E-state index contributed by atoms with van der Waals surface area (Å²) in [6, 6.07) is 1.87. The van der Waals surface area contributed by atoms with Crippen LogP contribution in [0.15, 0.2) is 29.2 Å². The van der Waals surface area contributed by atoms with E-state index < -0.39 is 51.1 Å². The molecule has 0 aliphatic carbocycles. The maximum atomic E-state index is 12.6. The summed E-state index contributed by atoms with van der Waals surface area (Å²) in [5.74, 6) is -2.17. The Bertz CT molecular complexity index is 734. The third-order valence-electron chi connectivity index (χ3n) is 3.11. The van der Waals surface area contributed by atoms with Crippen LogP contribution in [-0.2, 0) is 25.8 Å². The molecule has 7 nitrogen and oxygen atoms in total. The second kappa shape index (κ2) is 8.30. The summed E-state index contributed by atoms with van der Waals surface area (Å²) in [6.07, 6.45) is -4.08. The molecule has 1 aromatic rings. The lowest BCUT2D eigenvalue weighted by molar-refractivity contribution is -0.141. The minimum Gasteiger partial charge on any atom is -0.480 e. The molecular formula is C14H17F3N2O5S. The molecule has 1 aromatic carbocycles. The molecule has 0 spiro atoms. The van der Waals surface area contributed by atoms with Crippen LogP contribution in [-0.4, -0.2) is 38.0 Å². The van der Waals surface area contributed by atoms with Crippen molar-refractivity contribution in [3.63, 3.8) is 0 Å². The molecular weight excluding hydrogens is 365 g/mol. The Kier molecular flexibility index (Phi) is 6.94. The number of alkyl halides is 3. The van der Waals surface area contributed by atoms with Gasteiger partial charge in [-0.1, -0.05) is 19.4 Å². The van der Waals surface area contributed by atoms with E-state index in [0.29, 0.717) is 18.6 Å². The van der Waals surface area contributed by atoms with Crippen LogP contribution < -0.4 is 10.0 Å². The molecule has 1 unspecified atom stereocenters. The monoisotopic (exact) mass is 382 g/mol. The predicted molar refractivity (Wildman–Crippen MR) is 81.1 cm³/mol. The van der Waals surface area contributed by atoms with E-state index in [4.69, 9.17) is 5.11 Å². The maximum Gasteiger partial charge on any atom is 0.416 e. The highest BCUT2D eigenvalue weighted by Gasteiger charge is 2.31. The van der Waals surface area contributed by atoms with Crippen LogP contribution in [0.1, 0.15) is 25.3 Å². The lowest BCUT2D eigenvalue weighted by Gasteiger charge is -2.14. The number of benzene rings is 1. The number of aliphatic carboxylic acids is 1. The summed E-state index contributed by atoms with van der Waals surface area (Å²) in [6.45, 7) is 0.907. The van der Waals surface area contributed by atoms with Crippen molar-refractivity contribution < 1.29 is 36.3 Å². The number of sulfonamides is 1. The number of carboxylic acids is 1. The van der Waals surface area contributed by atoms with Gasteiger partial charge < -0.3 is 10.4 Å². The van der Waals surface area contributed by atoms with Gasteiger partial charge in [0.2, 0.25) is 15.9 Å². The van der Waals surface area contributed by atoms with E-state index in [2.05, 4.69) is 5.32 Å². The minimum absolute atomic E-state index is 0.154. The number of carboxylic acid groups (broad SMARTS) is 1. The zero-order chi connectivity index (χ0) is 19.3. The zero-order valence-electron chi connectivity index (χ0n) is 13.1. The topological polar surface area (TPSA) is 113 Å². The van der Waals surface area contributed by atoms with Crippen LogP contribution in [0.5, 0.6) is 0 Å². The highest BCUT2D eigenvalue weighted by Crippen LogP contribution is 2.30. The molecule has 3 N–H and O–H groups in total. The molecule has 0 bridgehead atoms. The summed E-state index contributed by atoms with van der Waals surface area (Å²) < 4.78 is 63.7. The van der Waals surface area contributed by atoms with Crippen molar-refractivity contribution >= 4 is 21.9 Å². The molecule has 1 rings (SSSR count). The van der Waals surface area contributed by atoms with Gasteiger partial charge in [-0.2, -0.15) is 13.2 Å². The molecule has 0 heterocycles. The van der Waals surface area contributed by atoms with E-state index in [1.807, 2.05) is 4.72 Å². The third kappa shape index (κ3) is 6.35. The molecule has 0 saturated heterocycles. The molecule has 1 atom stereocenters. The predicted octanol–water partition coefficient (Wildman–Crippen LogP) is 1.35. The van der Waals surface area contributed by atoms with Crippen molar-refractivity contribution in [3.8, 4) is 0 Å². The number of nitrogens with one attached hydrogen (secondary N) is 2. The van der Waals surface area contributed by atoms with Crippen LogP contribution in [0.3, 0.4) is 0 Å².